The molecule has 4 heteroatoms. The van der Waals surface area contributed by atoms with Gasteiger partial charge in [0.15, 0.2) is 0 Å². The summed E-state index contributed by atoms with van der Waals surface area (Å²) in [4.78, 5) is 14.5. The first-order valence-corrected chi connectivity index (χ1v) is 5.17. The van der Waals surface area contributed by atoms with Crippen molar-refractivity contribution in [1.82, 2.24) is 0 Å². The summed E-state index contributed by atoms with van der Waals surface area (Å²) in [5.74, 6) is 0. The Morgan fingerprint density at radius 1 is 1.00 bits per heavy atom. The number of hydrogen-bond acceptors (Lipinski definition) is 3. The molecule has 0 spiro atoms. The normalized spacial score (nSPS) is 9.88. The monoisotopic (exact) mass is 229 g/mol. The van der Waals surface area contributed by atoms with Crippen LogP contribution in [0.3, 0.4) is 0 Å². The predicted molar refractivity (Wildman–Crippen MR) is 63.7 cm³/mol. The van der Waals surface area contributed by atoms with Gasteiger partial charge >= 0.3 is 0 Å². The molecule has 0 radical (unpaired) electrons. The van der Waals surface area contributed by atoms with Crippen molar-refractivity contribution >= 4 is 0 Å². The van der Waals surface area contributed by atoms with Gasteiger partial charge in [0.05, 0.1) is 0 Å². The van der Waals surface area contributed by atoms with Crippen molar-refractivity contribution in [2.24, 2.45) is 0 Å². The fourth-order valence-electron chi connectivity index (χ4n) is 1.60. The molecule has 0 N–H and O–H groups in total. The molecule has 2 rings (SSSR count). The molecule has 4 nitrogen and oxygen atoms in total. The number of benzene rings is 2. The van der Waals surface area contributed by atoms with Crippen LogP contribution in [0, 0.1) is 10.1 Å². The molecular weight excluding hydrogens is 218 g/mol. The van der Waals surface area contributed by atoms with Gasteiger partial charge in [0.25, 0.3) is 5.09 Å². The molecule has 17 heavy (non-hydrogen) atoms. The van der Waals surface area contributed by atoms with E-state index in [0.717, 1.165) is 16.7 Å². The van der Waals surface area contributed by atoms with E-state index < -0.39 is 5.09 Å². The van der Waals surface area contributed by atoms with E-state index in [1.54, 1.807) is 6.07 Å². The van der Waals surface area contributed by atoms with Crippen LogP contribution in [0.4, 0.5) is 0 Å². The fraction of sp³-hybridized carbons (Fsp3) is 0.0769. The third-order valence-corrected chi connectivity index (χ3v) is 2.37. The molecule has 0 aliphatic rings. The van der Waals surface area contributed by atoms with Crippen LogP contribution in [0.1, 0.15) is 5.56 Å². The van der Waals surface area contributed by atoms with E-state index in [9.17, 15) is 10.1 Å². The highest BCUT2D eigenvalue weighted by atomic mass is 16.9. The molecule has 0 unspecified atom stereocenters. The van der Waals surface area contributed by atoms with Gasteiger partial charge in [0.2, 0.25) is 0 Å². The second kappa shape index (κ2) is 5.12. The molecule has 0 bridgehead atoms. The van der Waals surface area contributed by atoms with E-state index in [1.165, 1.54) is 0 Å². The third kappa shape index (κ3) is 3.04. The Hall–Kier alpha value is -2.36. The van der Waals surface area contributed by atoms with Crippen molar-refractivity contribution in [3.8, 4) is 11.1 Å². The minimum absolute atomic E-state index is 0.0202. The molecule has 0 fully saturated rings. The van der Waals surface area contributed by atoms with Gasteiger partial charge in [-0.2, -0.15) is 0 Å². The van der Waals surface area contributed by atoms with Crippen LogP contribution in [0.25, 0.3) is 11.1 Å². The van der Waals surface area contributed by atoms with Crippen molar-refractivity contribution < 1.29 is 9.92 Å². The zero-order valence-electron chi connectivity index (χ0n) is 9.08. The van der Waals surface area contributed by atoms with Gasteiger partial charge in [0.1, 0.15) is 6.61 Å². The quantitative estimate of drug-likeness (QED) is 0.598. The fourth-order valence-corrected chi connectivity index (χ4v) is 1.60. The van der Waals surface area contributed by atoms with Gasteiger partial charge < -0.3 is 4.84 Å². The summed E-state index contributed by atoms with van der Waals surface area (Å²) in [6.45, 7) is -0.0202. The molecule has 0 saturated carbocycles. The van der Waals surface area contributed by atoms with Crippen LogP contribution in [0.15, 0.2) is 54.6 Å². The van der Waals surface area contributed by atoms with E-state index >= 15 is 0 Å². The van der Waals surface area contributed by atoms with E-state index in [1.807, 2.05) is 48.5 Å². The maximum atomic E-state index is 10.1. The molecule has 0 amide bonds. The first-order valence-electron chi connectivity index (χ1n) is 5.17. The summed E-state index contributed by atoms with van der Waals surface area (Å²) in [6, 6.07) is 17.4. The molecule has 2 aromatic rings. The van der Waals surface area contributed by atoms with E-state index in [-0.39, 0.29) is 6.61 Å². The van der Waals surface area contributed by atoms with Crippen molar-refractivity contribution in [2.45, 2.75) is 6.61 Å². The first kappa shape index (κ1) is 11.1. The van der Waals surface area contributed by atoms with Gasteiger partial charge in [0, 0.05) is 0 Å². The smallest absolute Gasteiger partial charge is 0.294 e. The highest BCUT2D eigenvalue weighted by Crippen LogP contribution is 2.20. The van der Waals surface area contributed by atoms with Crippen molar-refractivity contribution in [2.75, 3.05) is 0 Å². The van der Waals surface area contributed by atoms with E-state index in [2.05, 4.69) is 4.84 Å². The van der Waals surface area contributed by atoms with E-state index in [4.69, 9.17) is 0 Å². The Kier molecular flexibility index (Phi) is 3.35. The van der Waals surface area contributed by atoms with Crippen LogP contribution >= 0.6 is 0 Å². The van der Waals surface area contributed by atoms with Crippen LogP contribution < -0.4 is 0 Å². The lowest BCUT2D eigenvalue weighted by Gasteiger charge is -2.04. The molecule has 0 aliphatic carbocycles. The standard InChI is InChI=1S/C13H11NO3/c15-14(16)17-10-11-5-4-8-13(9-11)12-6-2-1-3-7-12/h1-9H,10H2. The maximum Gasteiger partial charge on any atom is 0.294 e. The summed E-state index contributed by atoms with van der Waals surface area (Å²) in [6.07, 6.45) is 0. The van der Waals surface area contributed by atoms with Crippen LogP contribution in [0.5, 0.6) is 0 Å². The number of rotatable bonds is 4. The summed E-state index contributed by atoms with van der Waals surface area (Å²) >= 11 is 0. The average molecular weight is 229 g/mol. The van der Waals surface area contributed by atoms with Gasteiger partial charge in [-0.05, 0) is 22.8 Å². The largest absolute Gasteiger partial charge is 0.309 e. The lowest BCUT2D eigenvalue weighted by molar-refractivity contribution is -0.763. The molecule has 86 valence electrons. The van der Waals surface area contributed by atoms with Crippen LogP contribution in [-0.2, 0) is 11.4 Å². The summed E-state index contributed by atoms with van der Waals surface area (Å²) in [5.41, 5.74) is 2.88. The zero-order valence-corrected chi connectivity index (χ0v) is 9.08. The first-order chi connectivity index (χ1) is 8.25. The topological polar surface area (TPSA) is 52.4 Å². The second-order valence-corrected chi connectivity index (χ2v) is 3.56. The number of hydrogen-bond donors (Lipinski definition) is 0. The molecular formula is C13H11NO3. The van der Waals surface area contributed by atoms with Crippen molar-refractivity contribution in [3.63, 3.8) is 0 Å². The van der Waals surface area contributed by atoms with Gasteiger partial charge in [-0.3, -0.25) is 0 Å². The molecule has 2 aromatic carbocycles. The lowest BCUT2D eigenvalue weighted by atomic mass is 10.0. The summed E-state index contributed by atoms with van der Waals surface area (Å²) in [7, 11) is 0. The Labute approximate surface area is 98.6 Å². The predicted octanol–water partition coefficient (Wildman–Crippen LogP) is 3.06. The van der Waals surface area contributed by atoms with Gasteiger partial charge in [-0.25, -0.2) is 0 Å². The second-order valence-electron chi connectivity index (χ2n) is 3.56. The Bertz CT molecular complexity index is 511. The van der Waals surface area contributed by atoms with Gasteiger partial charge in [-0.1, -0.05) is 48.5 Å². The highest BCUT2D eigenvalue weighted by molar-refractivity contribution is 5.63. The van der Waals surface area contributed by atoms with Crippen LogP contribution in [0.2, 0.25) is 0 Å². The summed E-state index contributed by atoms with van der Waals surface area (Å²) in [5, 5.41) is 9.33. The molecule has 0 aromatic heterocycles. The van der Waals surface area contributed by atoms with E-state index in [0.29, 0.717) is 0 Å². The van der Waals surface area contributed by atoms with Gasteiger partial charge in [-0.15, -0.1) is 10.1 Å². The highest BCUT2D eigenvalue weighted by Gasteiger charge is 2.00. The maximum absolute atomic E-state index is 10.1. The zero-order chi connectivity index (χ0) is 12.1. The van der Waals surface area contributed by atoms with Crippen LogP contribution in [-0.4, -0.2) is 5.09 Å². The SMILES string of the molecule is O=[N+]([O-])OCc1cccc(-c2ccccc2)c1. The Morgan fingerprint density at radius 2 is 1.71 bits per heavy atom. The Balaban J connectivity index is 2.20. The summed E-state index contributed by atoms with van der Waals surface area (Å²) < 4.78 is 0. The van der Waals surface area contributed by atoms with Crippen molar-refractivity contribution in [1.29, 1.82) is 0 Å². The molecule has 0 heterocycles. The molecule has 0 saturated heterocycles. The minimum Gasteiger partial charge on any atom is -0.309 e. The lowest BCUT2D eigenvalue weighted by Crippen LogP contribution is -2.00. The Morgan fingerprint density at radius 3 is 2.41 bits per heavy atom. The number of nitrogens with zero attached hydrogens (tertiary/aromatic N) is 1. The average Bonchev–Trinajstić information content (AvgIpc) is 2.38. The van der Waals surface area contributed by atoms with Crippen molar-refractivity contribution in [3.05, 3.63) is 70.3 Å². The third-order valence-electron chi connectivity index (χ3n) is 2.37. The molecule has 0 aliphatic heterocycles. The minimum atomic E-state index is -0.783. The molecule has 0 atom stereocenters.